The van der Waals surface area contributed by atoms with Crippen molar-refractivity contribution >= 4 is 35.1 Å². The van der Waals surface area contributed by atoms with Gasteiger partial charge in [0.05, 0.1) is 11.8 Å². The van der Waals surface area contributed by atoms with Crippen LogP contribution in [0.4, 0.5) is 5.69 Å². The molecular weight excluding hydrogens is 374 g/mol. The molecule has 0 saturated carbocycles. The number of carbonyl (C=O) groups excluding carboxylic acids is 2. The Morgan fingerprint density at radius 1 is 1.11 bits per heavy atom. The fourth-order valence-electron chi connectivity index (χ4n) is 2.54. The number of ketones is 1. The van der Waals surface area contributed by atoms with E-state index in [9.17, 15) is 9.59 Å². The second-order valence-corrected chi connectivity index (χ2v) is 7.02. The minimum absolute atomic E-state index is 0.123. The summed E-state index contributed by atoms with van der Waals surface area (Å²) < 4.78 is 1.74. The number of anilines is 1. The van der Waals surface area contributed by atoms with Gasteiger partial charge in [-0.3, -0.25) is 14.3 Å². The largest absolute Gasteiger partial charge is 0.322 e. The lowest BCUT2D eigenvalue weighted by Gasteiger charge is -2.06. The molecule has 0 unspecified atom stereocenters. The molecule has 0 atom stereocenters. The zero-order chi connectivity index (χ0) is 20.1. The van der Waals surface area contributed by atoms with Gasteiger partial charge in [0.2, 0.25) is 0 Å². The Morgan fingerprint density at radius 2 is 1.86 bits per heavy atom. The van der Waals surface area contributed by atoms with Gasteiger partial charge >= 0.3 is 0 Å². The molecule has 0 aliphatic heterocycles. The second kappa shape index (κ2) is 8.67. The summed E-state index contributed by atoms with van der Waals surface area (Å²) in [5.41, 5.74) is 2.50. The highest BCUT2D eigenvalue weighted by Gasteiger charge is 2.08. The summed E-state index contributed by atoms with van der Waals surface area (Å²) in [4.78, 5) is 24.6. The van der Waals surface area contributed by atoms with Crippen molar-refractivity contribution in [1.29, 1.82) is 0 Å². The maximum atomic E-state index is 12.3. The van der Waals surface area contributed by atoms with E-state index in [0.717, 1.165) is 5.56 Å². The molecule has 3 aromatic rings. The summed E-state index contributed by atoms with van der Waals surface area (Å²) in [6.07, 6.45) is 6.52. The van der Waals surface area contributed by atoms with Crippen LogP contribution in [0, 0.1) is 0 Å². The summed E-state index contributed by atoms with van der Waals surface area (Å²) in [5.74, 6) is -0.350. The maximum Gasteiger partial charge on any atom is 0.255 e. The molecule has 1 heterocycles. The zero-order valence-electron chi connectivity index (χ0n) is 15.6. The van der Waals surface area contributed by atoms with Crippen molar-refractivity contribution in [2.75, 3.05) is 5.32 Å². The third-order valence-corrected chi connectivity index (χ3v) is 4.35. The normalized spacial score (nSPS) is 11.1. The topological polar surface area (TPSA) is 64.0 Å². The van der Waals surface area contributed by atoms with E-state index < -0.39 is 0 Å². The number of amides is 1. The van der Waals surface area contributed by atoms with E-state index in [1.807, 2.05) is 26.0 Å². The van der Waals surface area contributed by atoms with Gasteiger partial charge in [-0.15, -0.1) is 0 Å². The van der Waals surface area contributed by atoms with Crippen molar-refractivity contribution in [3.05, 3.63) is 88.7 Å². The lowest BCUT2D eigenvalue weighted by molar-refractivity contribution is 0.102. The number of nitrogens with one attached hydrogen (secondary N) is 1. The molecule has 1 N–H and O–H groups in total. The second-order valence-electron chi connectivity index (χ2n) is 6.59. The Hall–Kier alpha value is -3.18. The van der Waals surface area contributed by atoms with Gasteiger partial charge < -0.3 is 5.32 Å². The Morgan fingerprint density at radius 3 is 2.54 bits per heavy atom. The third kappa shape index (κ3) is 4.96. The third-order valence-electron chi connectivity index (χ3n) is 4.09. The molecule has 28 heavy (non-hydrogen) atoms. The molecule has 0 bridgehead atoms. The van der Waals surface area contributed by atoms with E-state index >= 15 is 0 Å². The predicted octanol–water partition coefficient (Wildman–Crippen LogP) is 5.27. The zero-order valence-corrected chi connectivity index (χ0v) is 16.4. The first-order valence-corrected chi connectivity index (χ1v) is 9.24. The van der Waals surface area contributed by atoms with Crippen molar-refractivity contribution in [2.24, 2.45) is 0 Å². The minimum Gasteiger partial charge on any atom is -0.322 e. The molecule has 2 aromatic carbocycles. The van der Waals surface area contributed by atoms with E-state index in [-0.39, 0.29) is 17.7 Å². The van der Waals surface area contributed by atoms with Crippen LogP contribution in [0.1, 0.15) is 46.2 Å². The Labute approximate surface area is 168 Å². The molecule has 6 heteroatoms. The summed E-state index contributed by atoms with van der Waals surface area (Å²) in [6, 6.07) is 14.1. The van der Waals surface area contributed by atoms with E-state index in [2.05, 4.69) is 10.4 Å². The molecule has 0 radical (unpaired) electrons. The maximum absolute atomic E-state index is 12.3. The molecule has 3 rings (SSSR count). The number of carbonyl (C=O) groups is 2. The van der Waals surface area contributed by atoms with Crippen LogP contribution in [0.3, 0.4) is 0 Å². The highest BCUT2D eigenvalue weighted by Crippen LogP contribution is 2.16. The number of hydrogen-bond acceptors (Lipinski definition) is 3. The number of allylic oxidation sites excluding steroid dienone is 1. The average Bonchev–Trinajstić information content (AvgIpc) is 3.17. The van der Waals surface area contributed by atoms with Crippen LogP contribution in [0.15, 0.2) is 67.0 Å². The van der Waals surface area contributed by atoms with Crippen LogP contribution in [0.25, 0.3) is 6.08 Å². The van der Waals surface area contributed by atoms with E-state index in [4.69, 9.17) is 11.6 Å². The highest BCUT2D eigenvalue weighted by molar-refractivity contribution is 6.30. The molecule has 1 amide bonds. The number of nitrogens with zero attached hydrogens (tertiary/aromatic N) is 2. The number of aromatic nitrogens is 2. The van der Waals surface area contributed by atoms with Gasteiger partial charge in [-0.1, -0.05) is 29.8 Å². The summed E-state index contributed by atoms with van der Waals surface area (Å²) in [5, 5.41) is 7.59. The Balaban J connectivity index is 1.68. The first-order chi connectivity index (χ1) is 13.4. The van der Waals surface area contributed by atoms with Crippen LogP contribution >= 0.6 is 11.6 Å². The van der Waals surface area contributed by atoms with Gasteiger partial charge in [0.15, 0.2) is 5.78 Å². The quantitative estimate of drug-likeness (QED) is 0.458. The van der Waals surface area contributed by atoms with Crippen LogP contribution in [-0.4, -0.2) is 21.5 Å². The Kier molecular flexibility index (Phi) is 6.06. The van der Waals surface area contributed by atoms with E-state index in [1.165, 1.54) is 6.08 Å². The van der Waals surface area contributed by atoms with Crippen molar-refractivity contribution in [1.82, 2.24) is 9.78 Å². The van der Waals surface area contributed by atoms with Gasteiger partial charge in [-0.05, 0) is 61.9 Å². The van der Waals surface area contributed by atoms with Crippen molar-refractivity contribution in [2.45, 2.75) is 19.9 Å². The van der Waals surface area contributed by atoms with Gasteiger partial charge in [0, 0.05) is 28.5 Å². The monoisotopic (exact) mass is 393 g/mol. The van der Waals surface area contributed by atoms with Gasteiger partial charge in [-0.2, -0.15) is 5.10 Å². The van der Waals surface area contributed by atoms with Crippen molar-refractivity contribution in [3.8, 4) is 0 Å². The SMILES string of the molecule is CC(C)n1cc(C(=O)C=Cc2cccc(NC(=O)c3ccc(Cl)cc3)c2)cn1. The minimum atomic E-state index is -0.227. The highest BCUT2D eigenvalue weighted by atomic mass is 35.5. The lowest BCUT2D eigenvalue weighted by Crippen LogP contribution is -2.11. The molecule has 0 spiro atoms. The summed E-state index contributed by atoms with van der Waals surface area (Å²) >= 11 is 5.85. The van der Waals surface area contributed by atoms with Crippen molar-refractivity contribution < 1.29 is 9.59 Å². The van der Waals surface area contributed by atoms with Crippen LogP contribution < -0.4 is 5.32 Å². The number of benzene rings is 2. The van der Waals surface area contributed by atoms with Crippen molar-refractivity contribution in [3.63, 3.8) is 0 Å². The smallest absolute Gasteiger partial charge is 0.255 e. The lowest BCUT2D eigenvalue weighted by atomic mass is 10.1. The standard InChI is InChI=1S/C22H20ClN3O2/c1-15(2)26-14-18(13-24-26)21(27)11-6-16-4-3-5-20(12-16)25-22(28)17-7-9-19(23)10-8-17/h3-15H,1-2H3,(H,25,28). The average molecular weight is 394 g/mol. The molecule has 1 aromatic heterocycles. The van der Waals surface area contributed by atoms with Gasteiger partial charge in [0.25, 0.3) is 5.91 Å². The van der Waals surface area contributed by atoms with Crippen LogP contribution in [0.5, 0.6) is 0 Å². The number of halogens is 1. The summed E-state index contributed by atoms with van der Waals surface area (Å²) in [6.45, 7) is 4.00. The molecule has 0 saturated heterocycles. The predicted molar refractivity (Wildman–Crippen MR) is 112 cm³/mol. The van der Waals surface area contributed by atoms with Crippen LogP contribution in [-0.2, 0) is 0 Å². The van der Waals surface area contributed by atoms with E-state index in [1.54, 1.807) is 59.5 Å². The molecule has 142 valence electrons. The summed E-state index contributed by atoms with van der Waals surface area (Å²) in [7, 11) is 0. The van der Waals surface area contributed by atoms with Gasteiger partial charge in [0.1, 0.15) is 0 Å². The fraction of sp³-hybridized carbons (Fsp3) is 0.136. The molecule has 0 aliphatic carbocycles. The number of hydrogen-bond donors (Lipinski definition) is 1. The molecule has 0 aliphatic rings. The molecule has 0 fully saturated rings. The molecular formula is C22H20ClN3O2. The van der Waals surface area contributed by atoms with Gasteiger partial charge in [-0.25, -0.2) is 0 Å². The Bertz CT molecular complexity index is 1020. The van der Waals surface area contributed by atoms with Crippen LogP contribution in [0.2, 0.25) is 5.02 Å². The first-order valence-electron chi connectivity index (χ1n) is 8.86. The first kappa shape index (κ1) is 19.6. The molecule has 5 nitrogen and oxygen atoms in total. The number of rotatable bonds is 6. The van der Waals surface area contributed by atoms with E-state index in [0.29, 0.717) is 21.8 Å². The fourth-order valence-corrected chi connectivity index (χ4v) is 2.67.